The van der Waals surface area contributed by atoms with E-state index in [0.29, 0.717) is 17.6 Å². The van der Waals surface area contributed by atoms with E-state index in [-0.39, 0.29) is 12.1 Å². The fourth-order valence-electron chi connectivity index (χ4n) is 5.40. The number of anilines is 1. The Morgan fingerprint density at radius 1 is 1.14 bits per heavy atom. The van der Waals surface area contributed by atoms with Crippen molar-refractivity contribution in [2.75, 3.05) is 17.8 Å². The second-order valence-corrected chi connectivity index (χ2v) is 10.8. The smallest absolute Gasteiger partial charge is 0.302 e. The molecule has 0 saturated carbocycles. The summed E-state index contributed by atoms with van der Waals surface area (Å²) < 4.78 is 30.3. The third-order valence-corrected chi connectivity index (χ3v) is 8.41. The molecule has 3 heterocycles. The highest BCUT2D eigenvalue weighted by Gasteiger charge is 2.33. The third-order valence-electron chi connectivity index (χ3n) is 6.52. The van der Waals surface area contributed by atoms with Crippen molar-refractivity contribution in [3.8, 4) is 0 Å². The number of rotatable bonds is 6. The molecule has 2 aromatic rings. The van der Waals surface area contributed by atoms with Gasteiger partial charge < -0.3 is 9.88 Å². The van der Waals surface area contributed by atoms with Gasteiger partial charge in [0.2, 0.25) is 0 Å². The Morgan fingerprint density at radius 3 is 2.62 bits per heavy atom. The van der Waals surface area contributed by atoms with E-state index in [2.05, 4.69) is 20.8 Å². The topological polar surface area (TPSA) is 68.4 Å². The molecule has 2 unspecified atom stereocenters. The van der Waals surface area contributed by atoms with Crippen LogP contribution in [-0.2, 0) is 10.2 Å². The van der Waals surface area contributed by atoms with E-state index in [4.69, 9.17) is 0 Å². The van der Waals surface area contributed by atoms with Crippen molar-refractivity contribution < 1.29 is 8.42 Å². The number of piperidine rings is 1. The first kappa shape index (κ1) is 20.7. The Hall–Kier alpha value is -1.57. The van der Waals surface area contributed by atoms with Crippen LogP contribution in [0.15, 0.2) is 24.4 Å². The van der Waals surface area contributed by atoms with E-state index in [1.54, 1.807) is 0 Å². The van der Waals surface area contributed by atoms with Gasteiger partial charge in [-0.3, -0.25) is 4.72 Å². The van der Waals surface area contributed by atoms with Crippen LogP contribution >= 0.6 is 0 Å². The molecule has 0 aliphatic carbocycles. The molecule has 7 heteroatoms. The van der Waals surface area contributed by atoms with Crippen molar-refractivity contribution in [3.05, 3.63) is 30.0 Å². The number of nitrogens with one attached hydrogen (secondary N) is 2. The number of aromatic amines is 1. The Bertz CT molecular complexity index is 958. The molecule has 29 heavy (non-hydrogen) atoms. The van der Waals surface area contributed by atoms with Crippen LogP contribution < -0.4 is 4.72 Å². The molecule has 2 saturated heterocycles. The lowest BCUT2D eigenvalue weighted by Crippen LogP contribution is -2.45. The lowest BCUT2D eigenvalue weighted by Gasteiger charge is -2.34. The predicted octanol–water partition coefficient (Wildman–Crippen LogP) is 4.29. The van der Waals surface area contributed by atoms with Crippen molar-refractivity contribution >= 4 is 26.8 Å². The standard InChI is InChI=1S/C22H34N4O2S/c1-15(2)26(16(3)4)29(27,28)24-18-7-8-22-20(13-18)21(14-23-22)17-9-11-25-10-5-6-19(25)12-17/h7-8,13-17,19,23-24H,5-6,9-12H2,1-4H3. The van der Waals surface area contributed by atoms with Crippen LogP contribution in [0.25, 0.3) is 10.9 Å². The van der Waals surface area contributed by atoms with E-state index in [1.165, 1.54) is 48.6 Å². The fourth-order valence-corrected chi connectivity index (χ4v) is 7.04. The van der Waals surface area contributed by atoms with Gasteiger partial charge in [-0.2, -0.15) is 12.7 Å². The van der Waals surface area contributed by atoms with Gasteiger partial charge in [0, 0.05) is 35.2 Å². The van der Waals surface area contributed by atoms with Crippen LogP contribution in [0.1, 0.15) is 64.9 Å². The number of hydrogen-bond donors (Lipinski definition) is 2. The van der Waals surface area contributed by atoms with Crippen LogP contribution in [0.2, 0.25) is 0 Å². The molecular weight excluding hydrogens is 384 g/mol. The molecular formula is C22H34N4O2S. The highest BCUT2D eigenvalue weighted by atomic mass is 32.2. The highest BCUT2D eigenvalue weighted by Crippen LogP contribution is 2.39. The number of aromatic nitrogens is 1. The van der Waals surface area contributed by atoms with Crippen molar-refractivity contribution in [3.63, 3.8) is 0 Å². The van der Waals surface area contributed by atoms with Gasteiger partial charge in [0.25, 0.3) is 0 Å². The maximum Gasteiger partial charge on any atom is 0.302 e. The average Bonchev–Trinajstić information content (AvgIpc) is 3.25. The molecule has 2 aliphatic rings. The summed E-state index contributed by atoms with van der Waals surface area (Å²) >= 11 is 0. The first-order valence-corrected chi connectivity index (χ1v) is 12.4. The zero-order chi connectivity index (χ0) is 20.8. The van der Waals surface area contributed by atoms with Crippen LogP contribution in [0.3, 0.4) is 0 Å². The molecule has 6 nitrogen and oxygen atoms in total. The number of H-pyrrole nitrogens is 1. The molecule has 2 aliphatic heterocycles. The molecule has 4 rings (SSSR count). The van der Waals surface area contributed by atoms with Gasteiger partial charge in [-0.15, -0.1) is 0 Å². The van der Waals surface area contributed by atoms with Crippen LogP contribution in [0.5, 0.6) is 0 Å². The molecule has 2 N–H and O–H groups in total. The maximum absolute atomic E-state index is 13.0. The van der Waals surface area contributed by atoms with Crippen molar-refractivity contribution in [2.24, 2.45) is 0 Å². The van der Waals surface area contributed by atoms with Crippen molar-refractivity contribution in [1.29, 1.82) is 0 Å². The summed E-state index contributed by atoms with van der Waals surface area (Å²) in [6.07, 6.45) is 7.14. The number of hydrogen-bond acceptors (Lipinski definition) is 3. The SMILES string of the molecule is CC(C)N(C(C)C)S(=O)(=O)Nc1ccc2[nH]cc(C3CCN4CCCC4C3)c2c1. The largest absolute Gasteiger partial charge is 0.361 e. The van der Waals surface area contributed by atoms with E-state index in [1.807, 2.05) is 45.9 Å². The second kappa shape index (κ2) is 7.93. The summed E-state index contributed by atoms with van der Waals surface area (Å²) in [5, 5.41) is 1.14. The lowest BCUT2D eigenvalue weighted by atomic mass is 9.85. The van der Waals surface area contributed by atoms with Gasteiger partial charge in [-0.05, 0) is 96.1 Å². The molecule has 2 atom stereocenters. The first-order chi connectivity index (χ1) is 13.8. The quantitative estimate of drug-likeness (QED) is 0.735. The maximum atomic E-state index is 13.0. The predicted molar refractivity (Wildman–Crippen MR) is 120 cm³/mol. The molecule has 2 fully saturated rings. The van der Waals surface area contributed by atoms with Crippen LogP contribution in [-0.4, -0.2) is 53.8 Å². The van der Waals surface area contributed by atoms with Crippen molar-refractivity contribution in [1.82, 2.24) is 14.2 Å². The van der Waals surface area contributed by atoms with Crippen LogP contribution in [0.4, 0.5) is 5.69 Å². The third kappa shape index (κ3) is 4.05. The minimum absolute atomic E-state index is 0.101. The highest BCUT2D eigenvalue weighted by molar-refractivity contribution is 7.90. The average molecular weight is 419 g/mol. The minimum Gasteiger partial charge on any atom is -0.361 e. The normalized spacial score (nSPS) is 23.4. The summed E-state index contributed by atoms with van der Waals surface area (Å²) in [5.74, 6) is 0.540. The van der Waals surface area contributed by atoms with Gasteiger partial charge in [-0.1, -0.05) is 0 Å². The van der Waals surface area contributed by atoms with E-state index in [0.717, 1.165) is 10.9 Å². The van der Waals surface area contributed by atoms with Crippen LogP contribution in [0, 0.1) is 0 Å². The number of benzene rings is 1. The minimum atomic E-state index is -3.61. The van der Waals surface area contributed by atoms with Gasteiger partial charge in [0.15, 0.2) is 0 Å². The van der Waals surface area contributed by atoms with Gasteiger partial charge in [0.1, 0.15) is 0 Å². The zero-order valence-electron chi connectivity index (χ0n) is 18.0. The number of nitrogens with zero attached hydrogens (tertiary/aromatic N) is 2. The molecule has 1 aromatic carbocycles. The second-order valence-electron chi connectivity index (χ2n) is 9.18. The molecule has 0 amide bonds. The fraction of sp³-hybridized carbons (Fsp3) is 0.636. The van der Waals surface area contributed by atoms with E-state index < -0.39 is 10.2 Å². The Balaban J connectivity index is 1.60. The van der Waals surface area contributed by atoms with E-state index >= 15 is 0 Å². The lowest BCUT2D eigenvalue weighted by molar-refractivity contribution is 0.181. The van der Waals surface area contributed by atoms with Crippen molar-refractivity contribution in [2.45, 2.75) is 77.4 Å². The monoisotopic (exact) mass is 418 g/mol. The van der Waals surface area contributed by atoms with Gasteiger partial charge >= 0.3 is 10.2 Å². The summed E-state index contributed by atoms with van der Waals surface area (Å²) in [7, 11) is -3.61. The molecule has 0 spiro atoms. The molecule has 1 aromatic heterocycles. The molecule has 0 radical (unpaired) electrons. The summed E-state index contributed by atoms with van der Waals surface area (Å²) in [5.41, 5.74) is 3.03. The zero-order valence-corrected chi connectivity index (χ0v) is 18.8. The number of fused-ring (bicyclic) bond motifs is 2. The van der Waals surface area contributed by atoms with Gasteiger partial charge in [0.05, 0.1) is 5.69 Å². The Morgan fingerprint density at radius 2 is 1.90 bits per heavy atom. The molecule has 160 valence electrons. The van der Waals surface area contributed by atoms with E-state index in [9.17, 15) is 8.42 Å². The van der Waals surface area contributed by atoms with Gasteiger partial charge in [-0.25, -0.2) is 0 Å². The summed E-state index contributed by atoms with van der Waals surface area (Å²) in [4.78, 5) is 6.03. The Kier molecular flexibility index (Phi) is 5.66. The molecule has 0 bridgehead atoms. The summed E-state index contributed by atoms with van der Waals surface area (Å²) in [6, 6.07) is 6.34. The Labute approximate surface area is 174 Å². The summed E-state index contributed by atoms with van der Waals surface area (Å²) in [6.45, 7) is 10.0. The first-order valence-electron chi connectivity index (χ1n) is 10.9.